The van der Waals surface area contributed by atoms with Crippen molar-refractivity contribution in [3.05, 3.63) is 0 Å². The van der Waals surface area contributed by atoms with E-state index < -0.39 is 0 Å². The minimum atomic E-state index is -0.183. The van der Waals surface area contributed by atoms with Gasteiger partial charge in [0.25, 0.3) is 0 Å². The van der Waals surface area contributed by atoms with Crippen LogP contribution in [0.5, 0.6) is 0 Å². The van der Waals surface area contributed by atoms with Gasteiger partial charge in [0.15, 0.2) is 0 Å². The molecular formula is C3H7NOSe. The fraction of sp³-hybridized carbons (Fsp3) is 0.667. The third-order valence-corrected chi connectivity index (χ3v) is 1.49. The maximum absolute atomic E-state index is 9.84. The van der Waals surface area contributed by atoms with Crippen LogP contribution in [0.1, 0.15) is 0 Å². The molecule has 0 bridgehead atoms. The van der Waals surface area contributed by atoms with Gasteiger partial charge < -0.3 is 0 Å². The molecule has 0 atom stereocenters. The van der Waals surface area contributed by atoms with Gasteiger partial charge in [0.2, 0.25) is 0 Å². The summed E-state index contributed by atoms with van der Waals surface area (Å²) in [5.41, 5.74) is 4.78. The first-order valence-electron chi connectivity index (χ1n) is 1.54. The van der Waals surface area contributed by atoms with Gasteiger partial charge >= 0.3 is 42.5 Å². The average molecular weight is 152 g/mol. The quantitative estimate of drug-likeness (QED) is 0.539. The van der Waals surface area contributed by atoms with Gasteiger partial charge in [0.1, 0.15) is 0 Å². The van der Waals surface area contributed by atoms with Crippen LogP contribution in [0.15, 0.2) is 0 Å². The van der Waals surface area contributed by atoms with E-state index in [9.17, 15) is 4.79 Å². The zero-order valence-corrected chi connectivity index (χ0v) is 5.31. The fourth-order valence-electron chi connectivity index (χ4n) is 0.142. The Balaban J connectivity index is 2.83. The van der Waals surface area contributed by atoms with E-state index in [1.54, 1.807) is 0 Å². The second-order valence-corrected chi connectivity index (χ2v) is 2.72. The van der Waals surface area contributed by atoms with Crippen molar-refractivity contribution in [1.82, 2.24) is 0 Å². The minimum absolute atomic E-state index is 0.183. The molecule has 0 rings (SSSR count). The third-order valence-electron chi connectivity index (χ3n) is 0.287. The Morgan fingerprint density at radius 2 is 2.50 bits per heavy atom. The Morgan fingerprint density at radius 3 is 2.50 bits per heavy atom. The van der Waals surface area contributed by atoms with E-state index in [0.717, 1.165) is 0 Å². The normalized spacial score (nSPS) is 8.17. The zero-order valence-electron chi connectivity index (χ0n) is 3.60. The number of hydrogen-bond acceptors (Lipinski definition) is 1. The summed E-state index contributed by atoms with van der Waals surface area (Å²) >= 11 is 0.422. The predicted molar refractivity (Wildman–Crippen MR) is 25.6 cm³/mol. The molecular weight excluding hydrogens is 145 g/mol. The molecule has 0 saturated carbocycles. The monoisotopic (exact) mass is 153 g/mol. The van der Waals surface area contributed by atoms with Gasteiger partial charge in [-0.05, 0) is 0 Å². The molecule has 36 valence electrons. The first-order chi connectivity index (χ1) is 2.77. The molecule has 0 unspecified atom stereocenters. The number of nitrogens with two attached hydrogens (primary N) is 1. The number of hydrogen-bond donors (Lipinski definition) is 1. The van der Waals surface area contributed by atoms with Crippen molar-refractivity contribution < 1.29 is 4.79 Å². The Kier molecular flexibility index (Phi) is 3.18. The molecule has 1 amide bonds. The summed E-state index contributed by atoms with van der Waals surface area (Å²) in [6.07, 6.45) is 0. The molecule has 0 aromatic carbocycles. The molecule has 3 heteroatoms. The van der Waals surface area contributed by atoms with Crippen LogP contribution >= 0.6 is 0 Å². The van der Waals surface area contributed by atoms with Crippen LogP contribution in [0, 0.1) is 0 Å². The molecule has 0 spiro atoms. The number of carbonyl (C=O) groups excluding carboxylic acids is 1. The van der Waals surface area contributed by atoms with Crippen molar-refractivity contribution in [2.45, 2.75) is 11.1 Å². The van der Waals surface area contributed by atoms with Gasteiger partial charge in [-0.2, -0.15) is 0 Å². The topological polar surface area (TPSA) is 43.1 Å². The van der Waals surface area contributed by atoms with Crippen molar-refractivity contribution >= 4 is 20.9 Å². The van der Waals surface area contributed by atoms with Gasteiger partial charge in [-0.25, -0.2) is 0 Å². The summed E-state index contributed by atoms with van der Waals surface area (Å²) in [5.74, 6) is 1.80. The van der Waals surface area contributed by atoms with Crippen molar-refractivity contribution in [2.24, 2.45) is 5.73 Å². The third kappa shape index (κ3) is 3.99. The van der Waals surface area contributed by atoms with E-state index in [-0.39, 0.29) is 5.91 Å². The van der Waals surface area contributed by atoms with E-state index in [1.165, 1.54) is 0 Å². The van der Waals surface area contributed by atoms with Crippen LogP contribution in [-0.2, 0) is 4.79 Å². The van der Waals surface area contributed by atoms with Gasteiger partial charge in [0.05, 0.1) is 0 Å². The van der Waals surface area contributed by atoms with Crippen LogP contribution in [0.2, 0.25) is 11.1 Å². The average Bonchev–Trinajstić information content (AvgIpc) is 1.35. The molecule has 0 aliphatic rings. The van der Waals surface area contributed by atoms with Crippen molar-refractivity contribution in [2.75, 3.05) is 0 Å². The molecule has 0 radical (unpaired) electrons. The Labute approximate surface area is 43.3 Å². The molecule has 0 aromatic rings. The van der Waals surface area contributed by atoms with Crippen LogP contribution in [0.4, 0.5) is 0 Å². The molecule has 0 saturated heterocycles. The second-order valence-electron chi connectivity index (χ2n) is 0.899. The molecule has 0 fully saturated rings. The van der Waals surface area contributed by atoms with E-state index in [0.29, 0.717) is 20.3 Å². The van der Waals surface area contributed by atoms with Crippen LogP contribution < -0.4 is 5.73 Å². The summed E-state index contributed by atoms with van der Waals surface area (Å²) in [6.45, 7) is 0. The van der Waals surface area contributed by atoms with Crippen molar-refractivity contribution in [3.8, 4) is 0 Å². The number of amides is 1. The van der Waals surface area contributed by atoms with E-state index in [4.69, 9.17) is 5.73 Å². The molecule has 0 aliphatic carbocycles. The first kappa shape index (κ1) is 5.99. The SMILES string of the molecule is C[Se]CC(N)=O. The van der Waals surface area contributed by atoms with Gasteiger partial charge in [0, 0.05) is 0 Å². The molecule has 0 aliphatic heterocycles. The molecule has 0 aromatic heterocycles. The fourth-order valence-corrected chi connectivity index (χ4v) is 0.739. The van der Waals surface area contributed by atoms with E-state index in [1.807, 2.05) is 5.82 Å². The Bertz CT molecular complexity index is 54.8. The summed E-state index contributed by atoms with van der Waals surface area (Å²) in [6, 6.07) is 0. The summed E-state index contributed by atoms with van der Waals surface area (Å²) in [7, 11) is 0. The summed E-state index contributed by atoms with van der Waals surface area (Å²) in [5, 5.41) is 0.576. The van der Waals surface area contributed by atoms with Crippen LogP contribution in [-0.4, -0.2) is 20.9 Å². The van der Waals surface area contributed by atoms with Crippen molar-refractivity contribution in [3.63, 3.8) is 0 Å². The summed E-state index contributed by atoms with van der Waals surface area (Å²) in [4.78, 5) is 9.84. The van der Waals surface area contributed by atoms with Crippen LogP contribution in [0.3, 0.4) is 0 Å². The molecule has 2 N–H and O–H groups in total. The number of rotatable bonds is 2. The van der Waals surface area contributed by atoms with E-state index >= 15 is 0 Å². The van der Waals surface area contributed by atoms with Crippen molar-refractivity contribution in [1.29, 1.82) is 0 Å². The van der Waals surface area contributed by atoms with Gasteiger partial charge in [-0.15, -0.1) is 0 Å². The Morgan fingerprint density at radius 1 is 2.00 bits per heavy atom. The van der Waals surface area contributed by atoms with Gasteiger partial charge in [-0.3, -0.25) is 0 Å². The van der Waals surface area contributed by atoms with Crippen LogP contribution in [0.25, 0.3) is 0 Å². The number of carbonyl (C=O) groups is 1. The zero-order chi connectivity index (χ0) is 4.99. The molecule has 0 heterocycles. The second kappa shape index (κ2) is 3.19. The maximum atomic E-state index is 9.84. The Hall–Kier alpha value is -0.0105. The van der Waals surface area contributed by atoms with Gasteiger partial charge in [-0.1, -0.05) is 0 Å². The first-order valence-corrected chi connectivity index (χ1v) is 4.47. The standard InChI is InChI=1S/C3H7NOSe/c1-6-2-3(4)5/h2H2,1H3,(H2,4,5). The summed E-state index contributed by atoms with van der Waals surface area (Å²) < 4.78 is 0. The molecule has 6 heavy (non-hydrogen) atoms. The predicted octanol–water partition coefficient (Wildman–Crippen LogP) is -0.358. The number of primary amides is 1. The molecule has 2 nitrogen and oxygen atoms in total. The van der Waals surface area contributed by atoms with E-state index in [2.05, 4.69) is 0 Å².